The van der Waals surface area contributed by atoms with E-state index in [2.05, 4.69) is 5.32 Å². The molecule has 0 radical (unpaired) electrons. The molecule has 18 heavy (non-hydrogen) atoms. The van der Waals surface area contributed by atoms with Crippen molar-refractivity contribution in [3.8, 4) is 0 Å². The molecule has 1 aromatic carbocycles. The van der Waals surface area contributed by atoms with Crippen molar-refractivity contribution >= 4 is 17.6 Å². The van der Waals surface area contributed by atoms with E-state index in [1.54, 1.807) is 24.3 Å². The maximum absolute atomic E-state index is 11.9. The maximum atomic E-state index is 11.9. The number of carboxylic acid groups (broad SMARTS) is 1. The molecule has 1 amide bonds. The van der Waals surface area contributed by atoms with Gasteiger partial charge in [-0.3, -0.25) is 9.59 Å². The number of rotatable bonds is 4. The monoisotopic (exact) mass is 249 g/mol. The Morgan fingerprint density at radius 2 is 2.17 bits per heavy atom. The largest absolute Gasteiger partial charge is 0.481 e. The summed E-state index contributed by atoms with van der Waals surface area (Å²) < 4.78 is 5.16. The molecule has 5 nitrogen and oxygen atoms in total. The Morgan fingerprint density at radius 3 is 2.83 bits per heavy atom. The molecule has 1 fully saturated rings. The zero-order chi connectivity index (χ0) is 13.0. The fraction of sp³-hybridized carbons (Fsp3) is 0.385. The van der Waals surface area contributed by atoms with Crippen LogP contribution in [-0.4, -0.2) is 30.2 Å². The van der Waals surface area contributed by atoms with Gasteiger partial charge in [0.1, 0.15) is 0 Å². The number of para-hydroxylation sites is 1. The summed E-state index contributed by atoms with van der Waals surface area (Å²) >= 11 is 0. The van der Waals surface area contributed by atoms with Crippen molar-refractivity contribution in [3.05, 3.63) is 29.8 Å². The molecular weight excluding hydrogens is 234 g/mol. The molecule has 0 spiro atoms. The standard InChI is InChI=1S/C13H15NO4/c15-12(16)7-9-3-1-2-4-11(9)14-13(17)10-5-6-18-8-10/h1-4,10H,5-8H2,(H,14,17)(H,15,16). The number of amides is 1. The third-order valence-corrected chi connectivity index (χ3v) is 2.92. The summed E-state index contributed by atoms with van der Waals surface area (Å²) in [5.74, 6) is -1.16. The van der Waals surface area contributed by atoms with Gasteiger partial charge in [0.2, 0.25) is 5.91 Å². The maximum Gasteiger partial charge on any atom is 0.307 e. The first kappa shape index (κ1) is 12.6. The van der Waals surface area contributed by atoms with E-state index in [9.17, 15) is 9.59 Å². The highest BCUT2D eigenvalue weighted by molar-refractivity contribution is 5.94. The normalized spacial score (nSPS) is 18.6. The van der Waals surface area contributed by atoms with Crippen LogP contribution in [-0.2, 0) is 20.7 Å². The van der Waals surface area contributed by atoms with Gasteiger partial charge >= 0.3 is 5.97 Å². The van der Waals surface area contributed by atoms with Crippen molar-refractivity contribution in [1.82, 2.24) is 0 Å². The molecule has 1 aliphatic rings. The number of carbonyl (C=O) groups is 2. The van der Waals surface area contributed by atoms with Crippen LogP contribution in [0.4, 0.5) is 5.69 Å². The first-order valence-electron chi connectivity index (χ1n) is 5.85. The van der Waals surface area contributed by atoms with Crippen LogP contribution in [0.1, 0.15) is 12.0 Å². The van der Waals surface area contributed by atoms with E-state index < -0.39 is 5.97 Å². The molecule has 1 saturated heterocycles. The average Bonchev–Trinajstić information content (AvgIpc) is 2.84. The van der Waals surface area contributed by atoms with Gasteiger partial charge in [0.25, 0.3) is 0 Å². The number of nitrogens with one attached hydrogen (secondary N) is 1. The molecule has 0 bridgehead atoms. The third kappa shape index (κ3) is 3.07. The summed E-state index contributed by atoms with van der Waals surface area (Å²) in [5, 5.41) is 11.6. The molecular formula is C13H15NO4. The van der Waals surface area contributed by atoms with E-state index in [0.29, 0.717) is 30.9 Å². The second-order valence-corrected chi connectivity index (χ2v) is 4.28. The fourth-order valence-electron chi connectivity index (χ4n) is 1.94. The van der Waals surface area contributed by atoms with Crippen molar-refractivity contribution in [3.63, 3.8) is 0 Å². The molecule has 1 unspecified atom stereocenters. The Labute approximate surface area is 105 Å². The van der Waals surface area contributed by atoms with Gasteiger partial charge in [-0.1, -0.05) is 18.2 Å². The van der Waals surface area contributed by atoms with Crippen LogP contribution in [0.25, 0.3) is 0 Å². The second-order valence-electron chi connectivity index (χ2n) is 4.28. The van der Waals surface area contributed by atoms with Crippen LogP contribution in [0.3, 0.4) is 0 Å². The van der Waals surface area contributed by atoms with Gasteiger partial charge in [-0.05, 0) is 18.1 Å². The molecule has 0 aliphatic carbocycles. The summed E-state index contributed by atoms with van der Waals surface area (Å²) in [6, 6.07) is 6.94. The number of ether oxygens (including phenoxy) is 1. The molecule has 2 rings (SSSR count). The number of anilines is 1. The molecule has 5 heteroatoms. The highest BCUT2D eigenvalue weighted by Gasteiger charge is 2.24. The van der Waals surface area contributed by atoms with Gasteiger partial charge in [0.05, 0.1) is 18.9 Å². The predicted octanol–water partition coefficient (Wildman–Crippen LogP) is 1.29. The van der Waals surface area contributed by atoms with E-state index >= 15 is 0 Å². The number of aliphatic carboxylic acids is 1. The van der Waals surface area contributed by atoms with Crippen LogP contribution in [0.2, 0.25) is 0 Å². The van der Waals surface area contributed by atoms with Crippen molar-refractivity contribution in [1.29, 1.82) is 0 Å². The van der Waals surface area contributed by atoms with Crippen LogP contribution < -0.4 is 5.32 Å². The Balaban J connectivity index is 2.07. The second kappa shape index (κ2) is 5.64. The molecule has 0 saturated carbocycles. The van der Waals surface area contributed by atoms with E-state index in [1.807, 2.05) is 0 Å². The molecule has 1 aromatic rings. The van der Waals surface area contributed by atoms with Gasteiger partial charge in [-0.25, -0.2) is 0 Å². The number of carbonyl (C=O) groups excluding carboxylic acids is 1. The van der Waals surface area contributed by atoms with E-state index in [0.717, 1.165) is 0 Å². The number of carboxylic acids is 1. The van der Waals surface area contributed by atoms with E-state index in [4.69, 9.17) is 9.84 Å². The highest BCUT2D eigenvalue weighted by Crippen LogP contribution is 2.19. The predicted molar refractivity (Wildman–Crippen MR) is 65.3 cm³/mol. The molecule has 1 aliphatic heterocycles. The van der Waals surface area contributed by atoms with Crippen molar-refractivity contribution in [2.45, 2.75) is 12.8 Å². The quantitative estimate of drug-likeness (QED) is 0.843. The fourth-order valence-corrected chi connectivity index (χ4v) is 1.94. The summed E-state index contributed by atoms with van der Waals surface area (Å²) in [6.45, 7) is 1.04. The Kier molecular flexibility index (Phi) is 3.94. The van der Waals surface area contributed by atoms with Crippen LogP contribution >= 0.6 is 0 Å². The van der Waals surface area contributed by atoms with Crippen LogP contribution in [0, 0.1) is 5.92 Å². The lowest BCUT2D eigenvalue weighted by molar-refractivity contribution is -0.136. The number of benzene rings is 1. The van der Waals surface area contributed by atoms with E-state index in [-0.39, 0.29) is 18.2 Å². The molecule has 2 N–H and O–H groups in total. The Hall–Kier alpha value is -1.88. The van der Waals surface area contributed by atoms with Gasteiger partial charge in [0.15, 0.2) is 0 Å². The minimum atomic E-state index is -0.916. The molecule has 1 heterocycles. The third-order valence-electron chi connectivity index (χ3n) is 2.92. The smallest absolute Gasteiger partial charge is 0.307 e. The Bertz CT molecular complexity index is 452. The zero-order valence-electron chi connectivity index (χ0n) is 9.89. The summed E-state index contributed by atoms with van der Waals surface area (Å²) in [6.07, 6.45) is 0.616. The first-order valence-corrected chi connectivity index (χ1v) is 5.85. The average molecular weight is 249 g/mol. The molecule has 96 valence electrons. The van der Waals surface area contributed by atoms with Crippen molar-refractivity contribution in [2.75, 3.05) is 18.5 Å². The van der Waals surface area contributed by atoms with Crippen molar-refractivity contribution in [2.24, 2.45) is 5.92 Å². The molecule has 1 atom stereocenters. The van der Waals surface area contributed by atoms with E-state index in [1.165, 1.54) is 0 Å². The summed E-state index contributed by atoms with van der Waals surface area (Å²) in [7, 11) is 0. The minimum absolute atomic E-state index is 0.0996. The number of hydrogen-bond acceptors (Lipinski definition) is 3. The van der Waals surface area contributed by atoms with Gasteiger partial charge in [-0.2, -0.15) is 0 Å². The topological polar surface area (TPSA) is 75.6 Å². The highest BCUT2D eigenvalue weighted by atomic mass is 16.5. The zero-order valence-corrected chi connectivity index (χ0v) is 9.89. The first-order chi connectivity index (χ1) is 8.66. The lowest BCUT2D eigenvalue weighted by Gasteiger charge is -2.12. The minimum Gasteiger partial charge on any atom is -0.481 e. The van der Waals surface area contributed by atoms with Gasteiger partial charge < -0.3 is 15.2 Å². The lowest BCUT2D eigenvalue weighted by atomic mass is 10.1. The van der Waals surface area contributed by atoms with Gasteiger partial charge in [-0.15, -0.1) is 0 Å². The van der Waals surface area contributed by atoms with Gasteiger partial charge in [0, 0.05) is 12.3 Å². The van der Waals surface area contributed by atoms with Crippen molar-refractivity contribution < 1.29 is 19.4 Å². The Morgan fingerprint density at radius 1 is 1.39 bits per heavy atom. The van der Waals surface area contributed by atoms with Crippen LogP contribution in [0.5, 0.6) is 0 Å². The van der Waals surface area contributed by atoms with Crippen LogP contribution in [0.15, 0.2) is 24.3 Å². The number of hydrogen-bond donors (Lipinski definition) is 2. The summed E-state index contributed by atoms with van der Waals surface area (Å²) in [4.78, 5) is 22.6. The SMILES string of the molecule is O=C(O)Cc1ccccc1NC(=O)C1CCOC1. The summed E-state index contributed by atoms with van der Waals surface area (Å²) in [5.41, 5.74) is 1.18. The molecule has 0 aromatic heterocycles. The lowest BCUT2D eigenvalue weighted by Crippen LogP contribution is -2.23.